The number of amides is 1. The van der Waals surface area contributed by atoms with Crippen molar-refractivity contribution in [3.8, 4) is 5.75 Å². The van der Waals surface area contributed by atoms with Crippen LogP contribution in [0, 0.1) is 5.92 Å². The van der Waals surface area contributed by atoms with E-state index in [1.54, 1.807) is 18.2 Å². The Morgan fingerprint density at radius 3 is 2.40 bits per heavy atom. The van der Waals surface area contributed by atoms with Gasteiger partial charge in [-0.2, -0.15) is 0 Å². The van der Waals surface area contributed by atoms with E-state index in [1.165, 1.54) is 12.1 Å². The Balaban J connectivity index is 2.53. The summed E-state index contributed by atoms with van der Waals surface area (Å²) in [5, 5.41) is 11.4. The Kier molecular flexibility index (Phi) is 8.05. The highest BCUT2D eigenvalue weighted by atomic mass is 31.2. The molecular formula is C15H23N2O7P. The van der Waals surface area contributed by atoms with Gasteiger partial charge >= 0.3 is 13.8 Å². The van der Waals surface area contributed by atoms with Crippen LogP contribution in [0.15, 0.2) is 30.3 Å². The van der Waals surface area contributed by atoms with E-state index in [9.17, 15) is 19.0 Å². The highest BCUT2D eigenvalue weighted by Crippen LogP contribution is 2.43. The average Bonchev–Trinajstić information content (AvgIpc) is 2.52. The number of hydrogen-bond donors (Lipinski definition) is 4. The topological polar surface area (TPSA) is 148 Å². The van der Waals surface area contributed by atoms with Crippen LogP contribution in [0.2, 0.25) is 0 Å². The lowest BCUT2D eigenvalue weighted by molar-refractivity contribution is -0.142. The van der Waals surface area contributed by atoms with Gasteiger partial charge in [-0.15, -0.1) is 0 Å². The molecule has 1 aromatic rings. The number of hydrogen-bond acceptors (Lipinski definition) is 6. The monoisotopic (exact) mass is 374 g/mol. The maximum atomic E-state index is 11.9. The normalized spacial score (nSPS) is 15.9. The third-order valence-electron chi connectivity index (χ3n) is 3.04. The summed E-state index contributed by atoms with van der Waals surface area (Å²) in [5.41, 5.74) is 5.58. The van der Waals surface area contributed by atoms with E-state index in [0.29, 0.717) is 0 Å². The number of carboxylic acid groups (broad SMARTS) is 1. The molecule has 0 aromatic heterocycles. The van der Waals surface area contributed by atoms with Crippen molar-refractivity contribution in [1.82, 2.24) is 5.32 Å². The average molecular weight is 374 g/mol. The second-order valence-electron chi connectivity index (χ2n) is 5.80. The molecule has 9 nitrogen and oxygen atoms in total. The van der Waals surface area contributed by atoms with Crippen LogP contribution in [0.25, 0.3) is 0 Å². The van der Waals surface area contributed by atoms with E-state index in [-0.39, 0.29) is 18.1 Å². The maximum Gasteiger partial charge on any atom is 0.527 e. The fourth-order valence-electron chi connectivity index (χ4n) is 1.86. The van der Waals surface area contributed by atoms with Crippen molar-refractivity contribution >= 4 is 19.7 Å². The van der Waals surface area contributed by atoms with Crippen LogP contribution in [-0.2, 0) is 18.7 Å². The van der Waals surface area contributed by atoms with E-state index >= 15 is 0 Å². The molecule has 0 aliphatic carbocycles. The molecule has 1 amide bonds. The molecule has 25 heavy (non-hydrogen) atoms. The predicted octanol–water partition coefficient (Wildman–Crippen LogP) is 1.13. The molecule has 0 aliphatic rings. The van der Waals surface area contributed by atoms with Gasteiger partial charge in [0.2, 0.25) is 5.91 Å². The Bertz CT molecular complexity index is 624. The molecule has 5 N–H and O–H groups in total. The molecule has 0 saturated carbocycles. The van der Waals surface area contributed by atoms with Crippen molar-refractivity contribution in [2.24, 2.45) is 11.7 Å². The number of carbonyl (C=O) groups is 2. The van der Waals surface area contributed by atoms with Gasteiger partial charge in [-0.05, 0) is 24.5 Å². The number of carbonyl (C=O) groups excluding carboxylic acids is 1. The summed E-state index contributed by atoms with van der Waals surface area (Å²) in [6.07, 6.45) is 0.226. The Morgan fingerprint density at radius 2 is 1.88 bits per heavy atom. The minimum atomic E-state index is -4.46. The largest absolute Gasteiger partial charge is 0.527 e. The van der Waals surface area contributed by atoms with Crippen molar-refractivity contribution in [3.05, 3.63) is 30.3 Å². The number of phosphoric acid groups is 1. The number of nitrogens with two attached hydrogens (primary N) is 1. The van der Waals surface area contributed by atoms with Gasteiger partial charge in [-0.1, -0.05) is 32.0 Å². The van der Waals surface area contributed by atoms with Crippen LogP contribution in [0.1, 0.15) is 20.3 Å². The number of phosphoric ester groups is 1. The zero-order valence-electron chi connectivity index (χ0n) is 14.0. The van der Waals surface area contributed by atoms with E-state index < -0.39 is 38.4 Å². The van der Waals surface area contributed by atoms with Crippen molar-refractivity contribution in [2.45, 2.75) is 32.4 Å². The van der Waals surface area contributed by atoms with Gasteiger partial charge in [0, 0.05) is 0 Å². The van der Waals surface area contributed by atoms with E-state index in [2.05, 4.69) is 5.32 Å². The van der Waals surface area contributed by atoms with Crippen molar-refractivity contribution in [1.29, 1.82) is 0 Å². The molecule has 10 heteroatoms. The number of para-hydroxylation sites is 1. The van der Waals surface area contributed by atoms with Crippen LogP contribution >= 0.6 is 7.82 Å². The van der Waals surface area contributed by atoms with Gasteiger partial charge in [0.1, 0.15) is 17.8 Å². The van der Waals surface area contributed by atoms with E-state index in [4.69, 9.17) is 19.9 Å². The van der Waals surface area contributed by atoms with Crippen LogP contribution in [0.3, 0.4) is 0 Å². The first-order chi connectivity index (χ1) is 11.6. The van der Waals surface area contributed by atoms with Gasteiger partial charge in [0.15, 0.2) is 0 Å². The highest BCUT2D eigenvalue weighted by molar-refractivity contribution is 7.47. The first-order valence-corrected chi connectivity index (χ1v) is 9.11. The SMILES string of the molecule is CC(C)CC(NC(=O)C(N)COP(=O)(O)Oc1ccccc1)C(=O)O. The van der Waals surface area contributed by atoms with Crippen LogP contribution < -0.4 is 15.6 Å². The summed E-state index contributed by atoms with van der Waals surface area (Å²) in [4.78, 5) is 32.7. The van der Waals surface area contributed by atoms with Crippen molar-refractivity contribution in [2.75, 3.05) is 6.61 Å². The minimum Gasteiger partial charge on any atom is -0.480 e. The third-order valence-corrected chi connectivity index (χ3v) is 3.96. The summed E-state index contributed by atoms with van der Waals surface area (Å²) < 4.78 is 21.3. The third kappa shape index (κ3) is 8.13. The predicted molar refractivity (Wildman–Crippen MR) is 89.8 cm³/mol. The van der Waals surface area contributed by atoms with Crippen molar-refractivity contribution < 1.29 is 33.2 Å². The number of benzene rings is 1. The van der Waals surface area contributed by atoms with E-state index in [1.807, 2.05) is 13.8 Å². The van der Waals surface area contributed by atoms with Gasteiger partial charge in [0.25, 0.3) is 0 Å². The number of carboxylic acids is 1. The second-order valence-corrected chi connectivity index (χ2v) is 7.18. The first kappa shape index (κ1) is 21.1. The molecule has 1 aromatic carbocycles. The molecule has 0 fully saturated rings. The molecule has 3 unspecified atom stereocenters. The van der Waals surface area contributed by atoms with Crippen LogP contribution in [-0.4, -0.2) is 40.6 Å². The lowest BCUT2D eigenvalue weighted by Gasteiger charge is -2.20. The molecule has 0 aliphatic heterocycles. The van der Waals surface area contributed by atoms with Gasteiger partial charge in [0.05, 0.1) is 6.61 Å². The van der Waals surface area contributed by atoms with Crippen LogP contribution in [0.4, 0.5) is 0 Å². The lowest BCUT2D eigenvalue weighted by Crippen LogP contribution is -2.50. The summed E-state index contributed by atoms with van der Waals surface area (Å²) in [6, 6.07) is 5.41. The summed E-state index contributed by atoms with van der Waals surface area (Å²) in [6.45, 7) is 3.02. The number of nitrogens with one attached hydrogen (secondary N) is 1. The van der Waals surface area contributed by atoms with E-state index in [0.717, 1.165) is 0 Å². The molecule has 0 saturated heterocycles. The molecule has 1 rings (SSSR count). The fourth-order valence-corrected chi connectivity index (χ4v) is 2.65. The summed E-state index contributed by atoms with van der Waals surface area (Å²) in [5.74, 6) is -1.82. The smallest absolute Gasteiger partial charge is 0.480 e. The molecular weight excluding hydrogens is 351 g/mol. The molecule has 0 spiro atoms. The fraction of sp³-hybridized carbons (Fsp3) is 0.467. The number of rotatable bonds is 10. The molecule has 0 heterocycles. The van der Waals surface area contributed by atoms with Gasteiger partial charge in [-0.25, -0.2) is 9.36 Å². The quantitative estimate of drug-likeness (QED) is 0.445. The van der Waals surface area contributed by atoms with Crippen LogP contribution in [0.5, 0.6) is 5.75 Å². The zero-order chi connectivity index (χ0) is 19.0. The standard InChI is InChI=1S/C15H23N2O7P/c1-10(2)8-13(15(19)20)17-14(18)12(16)9-23-25(21,22)24-11-6-4-3-5-7-11/h3-7,10,12-13H,8-9,16H2,1-2H3,(H,17,18)(H,19,20)(H,21,22). The molecule has 3 atom stereocenters. The number of aliphatic carboxylic acids is 1. The summed E-state index contributed by atoms with van der Waals surface area (Å²) in [7, 11) is -4.46. The maximum absolute atomic E-state index is 11.9. The Labute approximate surface area is 145 Å². The summed E-state index contributed by atoms with van der Waals surface area (Å²) >= 11 is 0. The lowest BCUT2D eigenvalue weighted by atomic mass is 10.0. The van der Waals surface area contributed by atoms with Crippen molar-refractivity contribution in [3.63, 3.8) is 0 Å². The first-order valence-electron chi connectivity index (χ1n) is 7.61. The Hall–Kier alpha value is -1.93. The minimum absolute atomic E-state index is 0.0470. The molecule has 140 valence electrons. The molecule has 0 bridgehead atoms. The zero-order valence-corrected chi connectivity index (χ0v) is 14.9. The van der Waals surface area contributed by atoms with Gasteiger partial charge < -0.3 is 20.7 Å². The second kappa shape index (κ2) is 9.53. The highest BCUT2D eigenvalue weighted by Gasteiger charge is 2.28. The Morgan fingerprint density at radius 1 is 1.28 bits per heavy atom. The molecule has 0 radical (unpaired) electrons. The van der Waals surface area contributed by atoms with Gasteiger partial charge in [-0.3, -0.25) is 14.2 Å².